The molecule has 0 amide bonds. The van der Waals surface area contributed by atoms with Gasteiger partial charge >= 0.3 is 0 Å². The Labute approximate surface area is 165 Å². The van der Waals surface area contributed by atoms with Gasteiger partial charge in [-0.3, -0.25) is 0 Å². The van der Waals surface area contributed by atoms with Crippen LogP contribution in [0.1, 0.15) is 69.3 Å². The maximum Gasteiger partial charge on any atom is 0.159 e. The minimum atomic E-state index is -0.732. The van der Waals surface area contributed by atoms with Crippen molar-refractivity contribution in [1.82, 2.24) is 0 Å². The summed E-state index contributed by atoms with van der Waals surface area (Å²) in [6, 6.07) is 9.06. The van der Waals surface area contributed by atoms with Gasteiger partial charge in [0.25, 0.3) is 0 Å². The second-order valence-electron chi connectivity index (χ2n) is 8.99. The number of methoxy groups -OCH3 is 1. The minimum Gasteiger partial charge on any atom is -0.385 e. The van der Waals surface area contributed by atoms with Crippen LogP contribution in [0.3, 0.4) is 0 Å². The summed E-state index contributed by atoms with van der Waals surface area (Å²) in [7, 11) is 1.37. The fourth-order valence-corrected chi connectivity index (χ4v) is 8.84. The highest BCUT2D eigenvalue weighted by Gasteiger charge is 2.26. The van der Waals surface area contributed by atoms with E-state index in [0.29, 0.717) is 5.92 Å². The molecular weight excluding hydrogens is 358 g/mol. The predicted molar refractivity (Wildman–Crippen MR) is 111 cm³/mol. The molecular formula is C23H36F2OSi. The van der Waals surface area contributed by atoms with E-state index in [1.165, 1.54) is 63.1 Å². The summed E-state index contributed by atoms with van der Waals surface area (Å²) in [5, 5.41) is 0. The van der Waals surface area contributed by atoms with Crippen LogP contribution in [0.25, 0.3) is 0 Å². The number of ether oxygens (including phenoxy) is 1. The van der Waals surface area contributed by atoms with Crippen molar-refractivity contribution < 1.29 is 13.5 Å². The van der Waals surface area contributed by atoms with E-state index >= 15 is 0 Å². The Morgan fingerprint density at radius 1 is 0.926 bits per heavy atom. The number of rotatable bonds is 8. The van der Waals surface area contributed by atoms with E-state index in [1.54, 1.807) is 18.2 Å². The lowest BCUT2D eigenvalue weighted by molar-refractivity contribution is 0.199. The second-order valence-corrected chi connectivity index (χ2v) is 12.5. The average Bonchev–Trinajstić information content (AvgIpc) is 2.70. The van der Waals surface area contributed by atoms with E-state index < -0.39 is 20.4 Å². The lowest BCUT2D eigenvalue weighted by Crippen LogP contribution is -2.22. The van der Waals surface area contributed by atoms with Gasteiger partial charge in [0, 0.05) is 22.5 Å². The first-order valence-electron chi connectivity index (χ1n) is 11.1. The Balaban J connectivity index is 1.32. The molecule has 3 rings (SSSR count). The quantitative estimate of drug-likeness (QED) is 0.352. The van der Waals surface area contributed by atoms with Gasteiger partial charge in [-0.2, -0.15) is 0 Å². The van der Waals surface area contributed by atoms with Gasteiger partial charge in [-0.15, -0.1) is 0 Å². The third-order valence-corrected chi connectivity index (χ3v) is 10.7. The van der Waals surface area contributed by atoms with Crippen LogP contribution in [-0.4, -0.2) is 22.5 Å². The SMILES string of the molecule is COCCC[Si@H]1CC[C@H](CC[C@H]2CC[C@H](c3ccc(F)c(F)c3)CC2)CC1. The largest absolute Gasteiger partial charge is 0.385 e. The number of hydrogen-bond acceptors (Lipinski definition) is 1. The van der Waals surface area contributed by atoms with Gasteiger partial charge in [-0.1, -0.05) is 49.9 Å². The third kappa shape index (κ3) is 6.38. The number of benzene rings is 1. The highest BCUT2D eigenvalue weighted by atomic mass is 28.3. The average molecular weight is 395 g/mol. The summed E-state index contributed by atoms with van der Waals surface area (Å²) in [6.07, 6.45) is 11.8. The smallest absolute Gasteiger partial charge is 0.159 e. The predicted octanol–water partition coefficient (Wildman–Crippen LogP) is 6.69. The topological polar surface area (TPSA) is 9.23 Å². The van der Waals surface area contributed by atoms with Gasteiger partial charge < -0.3 is 4.74 Å². The van der Waals surface area contributed by atoms with E-state index in [-0.39, 0.29) is 0 Å². The molecule has 1 saturated heterocycles. The fraction of sp³-hybridized carbons (Fsp3) is 0.739. The standard InChI is InChI=1S/C23H36F2OSi/c1-26-13-2-14-27-15-11-19(12-16-27)4-3-18-5-7-20(8-6-18)21-9-10-22(24)23(25)17-21/h9-10,17-20,27H,2-8,11-16H2,1H3/t18-,19-,20-,27-. The van der Waals surface area contributed by atoms with Crippen LogP contribution in [0, 0.1) is 23.5 Å². The van der Waals surface area contributed by atoms with Crippen LogP contribution in [0.4, 0.5) is 8.78 Å². The first-order chi connectivity index (χ1) is 13.2. The Morgan fingerprint density at radius 3 is 2.22 bits per heavy atom. The zero-order valence-electron chi connectivity index (χ0n) is 16.9. The molecule has 2 aliphatic rings. The molecule has 0 N–H and O–H groups in total. The van der Waals surface area contributed by atoms with Gasteiger partial charge in [-0.05, 0) is 67.6 Å². The van der Waals surface area contributed by atoms with Crippen molar-refractivity contribution in [3.63, 3.8) is 0 Å². The van der Waals surface area contributed by atoms with E-state index in [1.807, 2.05) is 7.11 Å². The number of hydrogen-bond donors (Lipinski definition) is 0. The molecule has 0 spiro atoms. The van der Waals surface area contributed by atoms with Crippen molar-refractivity contribution in [3.8, 4) is 0 Å². The molecule has 1 aliphatic carbocycles. The Bertz CT molecular complexity index is 563. The summed E-state index contributed by atoms with van der Waals surface area (Å²) < 4.78 is 31.8. The summed E-state index contributed by atoms with van der Waals surface area (Å²) in [5.41, 5.74) is 0.990. The van der Waals surface area contributed by atoms with Crippen LogP contribution in [0.2, 0.25) is 18.1 Å². The highest BCUT2D eigenvalue weighted by Crippen LogP contribution is 2.39. The van der Waals surface area contributed by atoms with Gasteiger partial charge in [0.15, 0.2) is 11.6 Å². The third-order valence-electron chi connectivity index (χ3n) is 7.17. The lowest BCUT2D eigenvalue weighted by atomic mass is 9.76. The van der Waals surface area contributed by atoms with E-state index in [2.05, 4.69) is 0 Å². The second kappa shape index (κ2) is 10.7. The summed E-state index contributed by atoms with van der Waals surface area (Å²) in [4.78, 5) is 0. The molecule has 1 saturated carbocycles. The van der Waals surface area contributed by atoms with Gasteiger partial charge in [0.2, 0.25) is 0 Å². The van der Waals surface area contributed by atoms with E-state index in [0.717, 1.165) is 36.8 Å². The maximum absolute atomic E-state index is 13.5. The maximum atomic E-state index is 13.5. The molecule has 0 unspecified atom stereocenters. The van der Waals surface area contributed by atoms with Crippen molar-refractivity contribution in [2.45, 2.75) is 81.8 Å². The Morgan fingerprint density at radius 2 is 1.59 bits per heavy atom. The van der Waals surface area contributed by atoms with Crippen molar-refractivity contribution >= 4 is 8.80 Å². The van der Waals surface area contributed by atoms with Gasteiger partial charge in [0.1, 0.15) is 0 Å². The zero-order chi connectivity index (χ0) is 19.1. The van der Waals surface area contributed by atoms with Crippen LogP contribution in [0.5, 0.6) is 0 Å². The number of halogens is 2. The van der Waals surface area contributed by atoms with Crippen molar-refractivity contribution in [2.24, 2.45) is 11.8 Å². The van der Waals surface area contributed by atoms with Crippen LogP contribution in [-0.2, 0) is 4.74 Å². The minimum absolute atomic E-state index is 0.421. The van der Waals surface area contributed by atoms with Crippen molar-refractivity contribution in [2.75, 3.05) is 13.7 Å². The summed E-state index contributed by atoms with van der Waals surface area (Å²) in [5.74, 6) is 0.813. The molecule has 0 atom stereocenters. The van der Waals surface area contributed by atoms with E-state index in [9.17, 15) is 8.78 Å². The summed E-state index contributed by atoms with van der Waals surface area (Å²) in [6.45, 7) is 0.945. The molecule has 152 valence electrons. The normalized spacial score (nSPS) is 29.0. The Kier molecular flexibility index (Phi) is 8.32. The van der Waals surface area contributed by atoms with Crippen molar-refractivity contribution in [1.29, 1.82) is 0 Å². The molecule has 1 aromatic rings. The highest BCUT2D eigenvalue weighted by molar-refractivity contribution is 6.58. The van der Waals surface area contributed by atoms with Crippen molar-refractivity contribution in [3.05, 3.63) is 35.4 Å². The monoisotopic (exact) mass is 394 g/mol. The molecule has 4 heteroatoms. The zero-order valence-corrected chi connectivity index (χ0v) is 18.1. The molecule has 1 aliphatic heterocycles. The first-order valence-corrected chi connectivity index (χ1v) is 13.5. The van der Waals surface area contributed by atoms with E-state index in [4.69, 9.17) is 4.74 Å². The molecule has 1 heterocycles. The van der Waals surface area contributed by atoms with Gasteiger partial charge in [-0.25, -0.2) is 8.78 Å². The molecule has 27 heavy (non-hydrogen) atoms. The van der Waals surface area contributed by atoms with Gasteiger partial charge in [0.05, 0.1) is 0 Å². The lowest BCUT2D eigenvalue weighted by Gasteiger charge is -2.32. The molecule has 0 bridgehead atoms. The molecule has 0 radical (unpaired) electrons. The summed E-state index contributed by atoms with van der Waals surface area (Å²) >= 11 is 0. The Hall–Kier alpha value is -0.743. The molecule has 1 aromatic carbocycles. The van der Waals surface area contributed by atoms with Crippen LogP contribution in [0.15, 0.2) is 18.2 Å². The van der Waals surface area contributed by atoms with Crippen LogP contribution >= 0.6 is 0 Å². The molecule has 0 aromatic heterocycles. The fourth-order valence-electron chi connectivity index (χ4n) is 5.35. The molecule has 2 fully saturated rings. The first kappa shape index (κ1) is 21.0. The molecule has 1 nitrogen and oxygen atoms in total. The van der Waals surface area contributed by atoms with Crippen LogP contribution < -0.4 is 0 Å².